The molecule has 1 amide bonds. The SMILES string of the molecule is CCOCCNC(=O)Cc1cc(OC)ccc1OC. The Kier molecular flexibility index (Phi) is 6.74. The Labute approximate surface area is 113 Å². The lowest BCUT2D eigenvalue weighted by atomic mass is 10.1. The molecule has 1 aromatic carbocycles. The molecule has 0 saturated heterocycles. The second kappa shape index (κ2) is 8.37. The van der Waals surface area contributed by atoms with Gasteiger partial charge >= 0.3 is 0 Å². The molecule has 0 spiro atoms. The zero-order chi connectivity index (χ0) is 14.1. The normalized spacial score (nSPS) is 10.1. The molecule has 0 bridgehead atoms. The number of benzene rings is 1. The lowest BCUT2D eigenvalue weighted by Gasteiger charge is -2.10. The van der Waals surface area contributed by atoms with E-state index in [0.717, 1.165) is 5.56 Å². The fourth-order valence-electron chi connectivity index (χ4n) is 1.66. The molecule has 1 rings (SSSR count). The van der Waals surface area contributed by atoms with Gasteiger partial charge in [-0.05, 0) is 25.1 Å². The average molecular weight is 267 g/mol. The molecule has 5 heteroatoms. The van der Waals surface area contributed by atoms with Crippen LogP contribution in [0.25, 0.3) is 0 Å². The number of nitrogens with one attached hydrogen (secondary N) is 1. The van der Waals surface area contributed by atoms with Gasteiger partial charge in [0, 0.05) is 18.7 Å². The van der Waals surface area contributed by atoms with Gasteiger partial charge < -0.3 is 19.5 Å². The van der Waals surface area contributed by atoms with Gasteiger partial charge in [-0.15, -0.1) is 0 Å². The summed E-state index contributed by atoms with van der Waals surface area (Å²) in [6, 6.07) is 5.40. The van der Waals surface area contributed by atoms with E-state index in [0.29, 0.717) is 31.3 Å². The number of rotatable bonds is 8. The van der Waals surface area contributed by atoms with Crippen LogP contribution in [0.5, 0.6) is 11.5 Å². The summed E-state index contributed by atoms with van der Waals surface area (Å²) >= 11 is 0. The van der Waals surface area contributed by atoms with Gasteiger partial charge in [-0.25, -0.2) is 0 Å². The van der Waals surface area contributed by atoms with Crippen molar-refractivity contribution in [2.45, 2.75) is 13.3 Å². The molecular weight excluding hydrogens is 246 g/mol. The van der Waals surface area contributed by atoms with Crippen molar-refractivity contribution in [2.24, 2.45) is 0 Å². The summed E-state index contributed by atoms with van der Waals surface area (Å²) in [5.74, 6) is 1.32. The third-order valence-electron chi connectivity index (χ3n) is 2.61. The first kappa shape index (κ1) is 15.3. The van der Waals surface area contributed by atoms with E-state index in [9.17, 15) is 4.79 Å². The van der Waals surface area contributed by atoms with Crippen molar-refractivity contribution in [1.29, 1.82) is 0 Å². The van der Waals surface area contributed by atoms with Crippen LogP contribution < -0.4 is 14.8 Å². The Balaban J connectivity index is 2.56. The molecule has 0 aliphatic rings. The van der Waals surface area contributed by atoms with Crippen molar-refractivity contribution >= 4 is 5.91 Å². The van der Waals surface area contributed by atoms with Crippen LogP contribution in [0.4, 0.5) is 0 Å². The smallest absolute Gasteiger partial charge is 0.224 e. The molecule has 0 saturated carbocycles. The first-order valence-electron chi connectivity index (χ1n) is 6.26. The predicted molar refractivity (Wildman–Crippen MR) is 72.8 cm³/mol. The minimum atomic E-state index is -0.0637. The maximum atomic E-state index is 11.8. The lowest BCUT2D eigenvalue weighted by molar-refractivity contribution is -0.120. The summed E-state index contributed by atoms with van der Waals surface area (Å²) in [6.07, 6.45) is 0.256. The molecule has 106 valence electrons. The first-order valence-corrected chi connectivity index (χ1v) is 6.26. The lowest BCUT2D eigenvalue weighted by Crippen LogP contribution is -2.28. The molecule has 0 radical (unpaired) electrons. The van der Waals surface area contributed by atoms with Gasteiger partial charge in [0.25, 0.3) is 0 Å². The highest BCUT2D eigenvalue weighted by Gasteiger charge is 2.09. The number of ether oxygens (including phenoxy) is 3. The summed E-state index contributed by atoms with van der Waals surface area (Å²) in [7, 11) is 3.17. The maximum absolute atomic E-state index is 11.8. The number of methoxy groups -OCH3 is 2. The number of hydrogen-bond donors (Lipinski definition) is 1. The first-order chi connectivity index (χ1) is 9.21. The van der Waals surface area contributed by atoms with Crippen LogP contribution in [0.1, 0.15) is 12.5 Å². The molecule has 0 aliphatic carbocycles. The Bertz CT molecular complexity index is 406. The summed E-state index contributed by atoms with van der Waals surface area (Å²) in [5.41, 5.74) is 0.802. The highest BCUT2D eigenvalue weighted by atomic mass is 16.5. The average Bonchev–Trinajstić information content (AvgIpc) is 2.43. The van der Waals surface area contributed by atoms with Crippen molar-refractivity contribution in [2.75, 3.05) is 34.0 Å². The third-order valence-corrected chi connectivity index (χ3v) is 2.61. The summed E-state index contributed by atoms with van der Waals surface area (Å²) in [5, 5.41) is 2.79. The third kappa shape index (κ3) is 5.18. The Morgan fingerprint density at radius 1 is 1.26 bits per heavy atom. The van der Waals surface area contributed by atoms with Crippen LogP contribution >= 0.6 is 0 Å². The van der Waals surface area contributed by atoms with Gasteiger partial charge in [0.2, 0.25) is 5.91 Å². The van der Waals surface area contributed by atoms with Gasteiger partial charge in [0.15, 0.2) is 0 Å². The number of carbonyl (C=O) groups excluding carboxylic acids is 1. The van der Waals surface area contributed by atoms with E-state index in [2.05, 4.69) is 5.32 Å². The molecule has 0 fully saturated rings. The van der Waals surface area contributed by atoms with Crippen molar-refractivity contribution in [3.05, 3.63) is 23.8 Å². The largest absolute Gasteiger partial charge is 0.497 e. The van der Waals surface area contributed by atoms with Crippen molar-refractivity contribution in [3.63, 3.8) is 0 Å². The molecule has 5 nitrogen and oxygen atoms in total. The Morgan fingerprint density at radius 2 is 2.05 bits per heavy atom. The van der Waals surface area contributed by atoms with Gasteiger partial charge in [-0.2, -0.15) is 0 Å². The van der Waals surface area contributed by atoms with Crippen LogP contribution in [0.3, 0.4) is 0 Å². The van der Waals surface area contributed by atoms with Crippen molar-refractivity contribution in [3.8, 4) is 11.5 Å². The second-order valence-corrected chi connectivity index (χ2v) is 3.90. The molecule has 1 aromatic rings. The number of carbonyl (C=O) groups is 1. The second-order valence-electron chi connectivity index (χ2n) is 3.90. The van der Waals surface area contributed by atoms with Gasteiger partial charge in [0.1, 0.15) is 11.5 Å². The highest BCUT2D eigenvalue weighted by Crippen LogP contribution is 2.24. The Hall–Kier alpha value is -1.75. The minimum Gasteiger partial charge on any atom is -0.497 e. The minimum absolute atomic E-state index is 0.0637. The summed E-state index contributed by atoms with van der Waals surface area (Å²) in [4.78, 5) is 11.8. The molecule has 19 heavy (non-hydrogen) atoms. The van der Waals surface area contributed by atoms with E-state index in [1.54, 1.807) is 32.4 Å². The van der Waals surface area contributed by atoms with Gasteiger partial charge in [-0.1, -0.05) is 0 Å². The Morgan fingerprint density at radius 3 is 2.68 bits per heavy atom. The molecule has 0 aromatic heterocycles. The summed E-state index contributed by atoms with van der Waals surface area (Å²) < 4.78 is 15.5. The standard InChI is InChI=1S/C14H21NO4/c1-4-19-8-7-15-14(16)10-11-9-12(17-2)5-6-13(11)18-3/h5-6,9H,4,7-8,10H2,1-3H3,(H,15,16). The predicted octanol–water partition coefficient (Wildman–Crippen LogP) is 1.40. The maximum Gasteiger partial charge on any atom is 0.224 e. The van der Waals surface area contributed by atoms with Crippen LogP contribution in [-0.4, -0.2) is 39.9 Å². The molecular formula is C14H21NO4. The zero-order valence-corrected chi connectivity index (χ0v) is 11.7. The summed E-state index contributed by atoms with van der Waals surface area (Å²) in [6.45, 7) is 3.61. The van der Waals surface area contributed by atoms with Gasteiger partial charge in [0.05, 0.1) is 27.2 Å². The van der Waals surface area contributed by atoms with Crippen LogP contribution in [0, 0.1) is 0 Å². The van der Waals surface area contributed by atoms with E-state index in [1.165, 1.54) is 0 Å². The molecule has 0 heterocycles. The van der Waals surface area contributed by atoms with Crippen LogP contribution in [-0.2, 0) is 16.0 Å². The monoisotopic (exact) mass is 267 g/mol. The quantitative estimate of drug-likeness (QED) is 0.723. The fourth-order valence-corrected chi connectivity index (χ4v) is 1.66. The van der Waals surface area contributed by atoms with E-state index in [1.807, 2.05) is 6.92 Å². The van der Waals surface area contributed by atoms with Gasteiger partial charge in [-0.3, -0.25) is 4.79 Å². The number of amides is 1. The zero-order valence-electron chi connectivity index (χ0n) is 11.7. The fraction of sp³-hybridized carbons (Fsp3) is 0.500. The van der Waals surface area contributed by atoms with Crippen molar-refractivity contribution < 1.29 is 19.0 Å². The molecule has 0 atom stereocenters. The topological polar surface area (TPSA) is 56.8 Å². The molecule has 0 aliphatic heterocycles. The van der Waals surface area contributed by atoms with Crippen molar-refractivity contribution in [1.82, 2.24) is 5.32 Å². The van der Waals surface area contributed by atoms with E-state index < -0.39 is 0 Å². The van der Waals surface area contributed by atoms with E-state index in [-0.39, 0.29) is 12.3 Å². The highest BCUT2D eigenvalue weighted by molar-refractivity contribution is 5.79. The van der Waals surface area contributed by atoms with E-state index >= 15 is 0 Å². The molecule has 0 unspecified atom stereocenters. The molecule has 1 N–H and O–H groups in total. The van der Waals surface area contributed by atoms with Crippen LogP contribution in [0.15, 0.2) is 18.2 Å². The number of hydrogen-bond acceptors (Lipinski definition) is 4. The van der Waals surface area contributed by atoms with Crippen LogP contribution in [0.2, 0.25) is 0 Å². The van der Waals surface area contributed by atoms with E-state index in [4.69, 9.17) is 14.2 Å².